The van der Waals surface area contributed by atoms with E-state index in [4.69, 9.17) is 0 Å². The summed E-state index contributed by atoms with van der Waals surface area (Å²) in [6.45, 7) is 9.78. The third-order valence-electron chi connectivity index (χ3n) is 7.44. The minimum Gasteiger partial charge on any atom is -0.322 e. The molecule has 5 rings (SSSR count). The van der Waals surface area contributed by atoms with Crippen LogP contribution in [0.3, 0.4) is 0 Å². The molecular weight excluding hydrogens is 448 g/mol. The Morgan fingerprint density at radius 1 is 1.00 bits per heavy atom. The standard InChI is InChI=1S/C29H36N6O/c1-19(2)27(28-31-32-33-35(28)25-7-5-6-8-25)34(17-22-12-9-20(3)10-13-22)18-24-16-23-14-11-21(4)15-26(23)30-29(24)36/h9-16,19,25,27H,5-8,17-18H2,1-4H3,(H,30,36). The van der Waals surface area contributed by atoms with Gasteiger partial charge in [0.15, 0.2) is 5.82 Å². The third-order valence-corrected chi connectivity index (χ3v) is 7.44. The Balaban J connectivity index is 1.56. The maximum absolute atomic E-state index is 13.2. The van der Waals surface area contributed by atoms with E-state index in [9.17, 15) is 4.79 Å². The van der Waals surface area contributed by atoms with E-state index in [1.807, 2.05) is 19.1 Å². The van der Waals surface area contributed by atoms with Crippen LogP contribution in [0, 0.1) is 19.8 Å². The fourth-order valence-corrected chi connectivity index (χ4v) is 5.56. The van der Waals surface area contributed by atoms with Gasteiger partial charge in [-0.1, -0.05) is 68.7 Å². The van der Waals surface area contributed by atoms with E-state index in [0.717, 1.165) is 40.7 Å². The highest BCUT2D eigenvalue weighted by molar-refractivity contribution is 5.79. The van der Waals surface area contributed by atoms with E-state index in [0.29, 0.717) is 19.1 Å². The van der Waals surface area contributed by atoms with Crippen LogP contribution in [-0.4, -0.2) is 30.1 Å². The van der Waals surface area contributed by atoms with E-state index in [2.05, 4.69) is 87.3 Å². The molecule has 2 aromatic heterocycles. The molecule has 1 saturated carbocycles. The number of tetrazole rings is 1. The highest BCUT2D eigenvalue weighted by Crippen LogP contribution is 2.35. The van der Waals surface area contributed by atoms with Crippen molar-refractivity contribution in [3.63, 3.8) is 0 Å². The second-order valence-corrected chi connectivity index (χ2v) is 10.7. The molecule has 188 valence electrons. The number of nitrogens with one attached hydrogen (secondary N) is 1. The van der Waals surface area contributed by atoms with Gasteiger partial charge in [0.1, 0.15) is 0 Å². The van der Waals surface area contributed by atoms with Crippen LogP contribution in [0.2, 0.25) is 0 Å². The molecule has 36 heavy (non-hydrogen) atoms. The average molecular weight is 485 g/mol. The SMILES string of the molecule is Cc1ccc(CN(Cc2cc3ccc(C)cc3[nH]c2=O)C(c2nnnn2C2CCCC2)C(C)C)cc1. The van der Waals surface area contributed by atoms with E-state index >= 15 is 0 Å². The highest BCUT2D eigenvalue weighted by Gasteiger charge is 2.32. The lowest BCUT2D eigenvalue weighted by atomic mass is 9.99. The summed E-state index contributed by atoms with van der Waals surface area (Å²) in [6.07, 6.45) is 4.67. The lowest BCUT2D eigenvalue weighted by Gasteiger charge is -2.34. The van der Waals surface area contributed by atoms with Crippen molar-refractivity contribution in [3.05, 3.63) is 87.0 Å². The van der Waals surface area contributed by atoms with Crippen molar-refractivity contribution in [2.24, 2.45) is 5.92 Å². The quantitative estimate of drug-likeness (QED) is 0.350. The Kier molecular flexibility index (Phi) is 7.01. The van der Waals surface area contributed by atoms with Crippen molar-refractivity contribution in [2.75, 3.05) is 0 Å². The van der Waals surface area contributed by atoms with Gasteiger partial charge in [-0.2, -0.15) is 0 Å². The summed E-state index contributed by atoms with van der Waals surface area (Å²) in [4.78, 5) is 18.7. The number of hydrogen-bond acceptors (Lipinski definition) is 5. The fraction of sp³-hybridized carbons (Fsp3) is 0.448. The zero-order valence-corrected chi connectivity index (χ0v) is 21.7. The Hall–Kier alpha value is -3.32. The lowest BCUT2D eigenvalue weighted by molar-refractivity contribution is 0.123. The maximum atomic E-state index is 13.2. The minimum absolute atomic E-state index is 0.0324. The molecule has 0 spiro atoms. The molecule has 0 amide bonds. The summed E-state index contributed by atoms with van der Waals surface area (Å²) in [5, 5.41) is 14.2. The first-order chi connectivity index (χ1) is 17.4. The van der Waals surface area contributed by atoms with Gasteiger partial charge in [0, 0.05) is 24.2 Å². The summed E-state index contributed by atoms with van der Waals surface area (Å²) in [7, 11) is 0. The number of pyridine rings is 1. The first kappa shape index (κ1) is 24.4. The number of hydrogen-bond donors (Lipinski definition) is 1. The number of benzene rings is 2. The molecule has 4 aromatic rings. The first-order valence-corrected chi connectivity index (χ1v) is 13.1. The molecule has 2 heterocycles. The normalized spacial score (nSPS) is 15.4. The monoisotopic (exact) mass is 484 g/mol. The fourth-order valence-electron chi connectivity index (χ4n) is 5.56. The number of nitrogens with zero attached hydrogens (tertiary/aromatic N) is 5. The molecule has 0 radical (unpaired) electrons. The molecule has 2 aromatic carbocycles. The number of H-pyrrole nitrogens is 1. The summed E-state index contributed by atoms with van der Waals surface area (Å²) < 4.78 is 2.06. The van der Waals surface area contributed by atoms with E-state index < -0.39 is 0 Å². The van der Waals surface area contributed by atoms with Gasteiger partial charge in [-0.05, 0) is 71.7 Å². The van der Waals surface area contributed by atoms with Gasteiger partial charge in [-0.3, -0.25) is 9.69 Å². The number of aromatic nitrogens is 5. The molecule has 1 unspecified atom stereocenters. The van der Waals surface area contributed by atoms with Crippen LogP contribution in [0.4, 0.5) is 0 Å². The number of rotatable bonds is 8. The van der Waals surface area contributed by atoms with Gasteiger partial charge in [0.25, 0.3) is 5.56 Å². The first-order valence-electron chi connectivity index (χ1n) is 13.1. The molecule has 1 aliphatic rings. The molecule has 0 bridgehead atoms. The summed E-state index contributed by atoms with van der Waals surface area (Å²) in [6, 6.07) is 17.2. The number of fused-ring (bicyclic) bond motifs is 1. The van der Waals surface area contributed by atoms with Gasteiger partial charge < -0.3 is 4.98 Å². The summed E-state index contributed by atoms with van der Waals surface area (Å²) in [5.41, 5.74) is 5.16. The zero-order valence-electron chi connectivity index (χ0n) is 21.7. The van der Waals surface area contributed by atoms with Crippen LogP contribution in [-0.2, 0) is 13.1 Å². The van der Waals surface area contributed by atoms with Crippen LogP contribution < -0.4 is 5.56 Å². The van der Waals surface area contributed by atoms with Gasteiger partial charge in [0.05, 0.1) is 12.1 Å². The third kappa shape index (κ3) is 5.12. The molecule has 1 atom stereocenters. The van der Waals surface area contributed by atoms with Crippen molar-refractivity contribution in [1.82, 2.24) is 30.1 Å². The molecular formula is C29H36N6O. The Labute approximate surface area is 212 Å². The van der Waals surface area contributed by atoms with E-state index in [-0.39, 0.29) is 17.5 Å². The molecule has 0 aliphatic heterocycles. The molecule has 1 fully saturated rings. The average Bonchev–Trinajstić information content (AvgIpc) is 3.53. The van der Waals surface area contributed by atoms with Crippen molar-refractivity contribution in [2.45, 2.75) is 78.6 Å². The lowest BCUT2D eigenvalue weighted by Crippen LogP contribution is -2.35. The molecule has 1 aliphatic carbocycles. The highest BCUT2D eigenvalue weighted by atomic mass is 16.1. The van der Waals surface area contributed by atoms with Crippen molar-refractivity contribution in [1.29, 1.82) is 0 Å². The second kappa shape index (κ2) is 10.3. The molecule has 7 nitrogen and oxygen atoms in total. The topological polar surface area (TPSA) is 79.7 Å². The van der Waals surface area contributed by atoms with Gasteiger partial charge in [-0.15, -0.1) is 5.10 Å². The van der Waals surface area contributed by atoms with Crippen molar-refractivity contribution >= 4 is 10.9 Å². The van der Waals surface area contributed by atoms with Crippen LogP contribution in [0.25, 0.3) is 10.9 Å². The van der Waals surface area contributed by atoms with E-state index in [1.54, 1.807) is 0 Å². The van der Waals surface area contributed by atoms with E-state index in [1.165, 1.54) is 24.0 Å². The van der Waals surface area contributed by atoms with Gasteiger partial charge >= 0.3 is 0 Å². The number of aromatic amines is 1. The minimum atomic E-state index is -0.0418. The predicted molar refractivity (Wildman–Crippen MR) is 143 cm³/mol. The molecule has 7 heteroatoms. The van der Waals surface area contributed by atoms with Crippen LogP contribution in [0.1, 0.15) is 79.7 Å². The maximum Gasteiger partial charge on any atom is 0.252 e. The Morgan fingerprint density at radius 3 is 2.44 bits per heavy atom. The smallest absolute Gasteiger partial charge is 0.252 e. The van der Waals surface area contributed by atoms with Crippen molar-refractivity contribution in [3.8, 4) is 0 Å². The Bertz CT molecular complexity index is 1380. The van der Waals surface area contributed by atoms with Crippen LogP contribution >= 0.6 is 0 Å². The zero-order chi connectivity index (χ0) is 25.2. The molecule has 0 saturated heterocycles. The van der Waals surface area contributed by atoms with Gasteiger partial charge in [0.2, 0.25) is 0 Å². The predicted octanol–water partition coefficient (Wildman–Crippen LogP) is 5.65. The second-order valence-electron chi connectivity index (χ2n) is 10.7. The summed E-state index contributed by atoms with van der Waals surface area (Å²) in [5.74, 6) is 1.15. The van der Waals surface area contributed by atoms with Crippen LogP contribution in [0.5, 0.6) is 0 Å². The number of aryl methyl sites for hydroxylation is 2. The summed E-state index contributed by atoms with van der Waals surface area (Å²) >= 11 is 0. The van der Waals surface area contributed by atoms with Crippen LogP contribution in [0.15, 0.2) is 53.3 Å². The Morgan fingerprint density at radius 2 is 1.72 bits per heavy atom. The van der Waals surface area contributed by atoms with Gasteiger partial charge in [-0.25, -0.2) is 4.68 Å². The largest absolute Gasteiger partial charge is 0.322 e. The molecule has 1 N–H and O–H groups in total. The van der Waals surface area contributed by atoms with Crippen molar-refractivity contribution < 1.29 is 0 Å².